The third-order valence-electron chi connectivity index (χ3n) is 5.88. The fourth-order valence-corrected chi connectivity index (χ4v) is 4.56. The van der Waals surface area contributed by atoms with Crippen molar-refractivity contribution in [2.24, 2.45) is 0 Å². The Morgan fingerprint density at radius 2 is 1.68 bits per heavy atom. The molecule has 2 heterocycles. The van der Waals surface area contributed by atoms with Crippen molar-refractivity contribution in [2.45, 2.75) is 25.2 Å². The van der Waals surface area contributed by atoms with Crippen LogP contribution >= 0.6 is 0 Å². The lowest BCUT2D eigenvalue weighted by Crippen LogP contribution is -2.25. The molecule has 0 saturated heterocycles. The molecule has 7 heteroatoms. The predicted octanol–water partition coefficient (Wildman–Crippen LogP) is 5.19. The smallest absolute Gasteiger partial charge is 0.334 e. The van der Waals surface area contributed by atoms with Gasteiger partial charge in [-0.15, -0.1) is 0 Å². The molecule has 1 atom stereocenters. The van der Waals surface area contributed by atoms with E-state index in [-0.39, 0.29) is 41.2 Å². The van der Waals surface area contributed by atoms with Crippen molar-refractivity contribution < 1.29 is 18.7 Å². The first-order valence-corrected chi connectivity index (χ1v) is 9.91. The van der Waals surface area contributed by atoms with Gasteiger partial charge in [0.15, 0.2) is 11.5 Å². The number of ketones is 1. The summed E-state index contributed by atoms with van der Waals surface area (Å²) in [7, 11) is 0. The first-order chi connectivity index (χ1) is 15.1. The quantitative estimate of drug-likeness (QED) is 0.329. The van der Waals surface area contributed by atoms with Crippen LogP contribution in [0.1, 0.15) is 56.1 Å². The van der Waals surface area contributed by atoms with Crippen LogP contribution in [0.2, 0.25) is 0 Å². The van der Waals surface area contributed by atoms with Gasteiger partial charge >= 0.3 is 5.69 Å². The SMILES string of the molecule is Cc1noc(CC(c2ccco2)C2c3ccccc3C(=O)c3ccccc32)c1[N+](=O)[O-]. The number of nitro groups is 1. The molecule has 154 valence electrons. The molecule has 0 fully saturated rings. The van der Waals surface area contributed by atoms with Crippen LogP contribution < -0.4 is 0 Å². The van der Waals surface area contributed by atoms with Gasteiger partial charge in [-0.3, -0.25) is 14.9 Å². The zero-order chi connectivity index (χ0) is 21.5. The van der Waals surface area contributed by atoms with Crippen molar-refractivity contribution in [3.63, 3.8) is 0 Å². The molecule has 31 heavy (non-hydrogen) atoms. The molecule has 7 nitrogen and oxygen atoms in total. The van der Waals surface area contributed by atoms with Crippen LogP contribution in [0, 0.1) is 17.0 Å². The van der Waals surface area contributed by atoms with Crippen molar-refractivity contribution in [2.75, 3.05) is 0 Å². The summed E-state index contributed by atoms with van der Waals surface area (Å²) >= 11 is 0. The standard InChI is InChI=1S/C24H18N2O5/c1-14-23(26(28)29)21(31-25-14)13-19(20-11-6-12-30-20)22-15-7-2-4-9-17(15)24(27)18-10-5-3-8-16(18)22/h2-12,19,22H,13H2,1H3. The average molecular weight is 414 g/mol. The van der Waals surface area contributed by atoms with Crippen LogP contribution in [-0.2, 0) is 6.42 Å². The number of hydrogen-bond acceptors (Lipinski definition) is 6. The molecule has 1 aliphatic rings. The highest BCUT2D eigenvalue weighted by atomic mass is 16.6. The van der Waals surface area contributed by atoms with Crippen molar-refractivity contribution in [3.8, 4) is 0 Å². The van der Waals surface area contributed by atoms with E-state index in [2.05, 4.69) is 5.16 Å². The highest BCUT2D eigenvalue weighted by molar-refractivity contribution is 6.12. The van der Waals surface area contributed by atoms with Crippen molar-refractivity contribution in [3.05, 3.63) is 117 Å². The second-order valence-corrected chi connectivity index (χ2v) is 7.60. The first-order valence-electron chi connectivity index (χ1n) is 9.91. The molecule has 5 rings (SSSR count). The maximum Gasteiger partial charge on any atom is 0.334 e. The van der Waals surface area contributed by atoms with Gasteiger partial charge in [-0.1, -0.05) is 53.7 Å². The Morgan fingerprint density at radius 1 is 1.03 bits per heavy atom. The van der Waals surface area contributed by atoms with Crippen molar-refractivity contribution in [1.29, 1.82) is 0 Å². The fourth-order valence-electron chi connectivity index (χ4n) is 4.56. The van der Waals surface area contributed by atoms with Gasteiger partial charge in [-0.2, -0.15) is 0 Å². The van der Waals surface area contributed by atoms with Gasteiger partial charge < -0.3 is 8.94 Å². The van der Waals surface area contributed by atoms with Gasteiger partial charge in [0.25, 0.3) is 0 Å². The van der Waals surface area contributed by atoms with E-state index in [1.807, 2.05) is 54.6 Å². The van der Waals surface area contributed by atoms with E-state index in [9.17, 15) is 14.9 Å². The maximum absolute atomic E-state index is 13.1. The minimum absolute atomic E-state index is 0.0258. The highest BCUT2D eigenvalue weighted by Gasteiger charge is 2.39. The second-order valence-electron chi connectivity index (χ2n) is 7.60. The van der Waals surface area contributed by atoms with Crippen LogP contribution in [-0.4, -0.2) is 15.9 Å². The molecule has 0 N–H and O–H groups in total. The summed E-state index contributed by atoms with van der Waals surface area (Å²) in [6, 6.07) is 18.6. The number of nitrogens with zero attached hydrogens (tertiary/aromatic N) is 2. The number of rotatable bonds is 5. The van der Waals surface area contributed by atoms with Crippen molar-refractivity contribution in [1.82, 2.24) is 5.16 Å². The Hall–Kier alpha value is -4.00. The minimum atomic E-state index is -0.466. The van der Waals surface area contributed by atoms with Crippen LogP contribution in [0.15, 0.2) is 75.9 Å². The third-order valence-corrected chi connectivity index (χ3v) is 5.88. The van der Waals surface area contributed by atoms with Crippen LogP contribution in [0.5, 0.6) is 0 Å². The summed E-state index contributed by atoms with van der Waals surface area (Å²) < 4.78 is 11.1. The number of fused-ring (bicyclic) bond motifs is 2. The molecule has 0 aliphatic heterocycles. The number of aromatic nitrogens is 1. The second kappa shape index (κ2) is 7.36. The van der Waals surface area contributed by atoms with Crippen molar-refractivity contribution >= 4 is 11.5 Å². The molecule has 0 bridgehead atoms. The molecule has 0 saturated carbocycles. The zero-order valence-electron chi connectivity index (χ0n) is 16.6. The molecule has 2 aromatic carbocycles. The number of hydrogen-bond donors (Lipinski definition) is 0. The Kier molecular flexibility index (Phi) is 4.51. The van der Waals surface area contributed by atoms with Gasteiger partial charge in [0.05, 0.1) is 11.2 Å². The summed E-state index contributed by atoms with van der Waals surface area (Å²) in [5.41, 5.74) is 3.11. The maximum atomic E-state index is 13.1. The number of aryl methyl sites for hydroxylation is 1. The number of furan rings is 1. The van der Waals surface area contributed by atoms with E-state index in [4.69, 9.17) is 8.94 Å². The lowest BCUT2D eigenvalue weighted by molar-refractivity contribution is -0.386. The molecule has 1 aliphatic carbocycles. The number of carbonyl (C=O) groups is 1. The summed E-state index contributed by atoms with van der Waals surface area (Å²) in [5, 5.41) is 15.4. The first kappa shape index (κ1) is 19.0. The summed E-state index contributed by atoms with van der Waals surface area (Å²) in [6.45, 7) is 1.55. The van der Waals surface area contributed by atoms with Crippen LogP contribution in [0.4, 0.5) is 5.69 Å². The number of carbonyl (C=O) groups excluding carboxylic acids is 1. The van der Waals surface area contributed by atoms with Crippen LogP contribution in [0.3, 0.4) is 0 Å². The molecule has 0 radical (unpaired) electrons. The molecular weight excluding hydrogens is 396 g/mol. The van der Waals surface area contributed by atoms with E-state index < -0.39 is 4.92 Å². The van der Waals surface area contributed by atoms with E-state index in [1.165, 1.54) is 0 Å². The molecule has 0 amide bonds. The molecule has 0 spiro atoms. The van der Waals surface area contributed by atoms with Gasteiger partial charge in [0, 0.05) is 29.4 Å². The topological polar surface area (TPSA) is 99.4 Å². The molecule has 1 unspecified atom stereocenters. The van der Waals surface area contributed by atoms with Gasteiger partial charge in [-0.25, -0.2) is 0 Å². The highest BCUT2D eigenvalue weighted by Crippen LogP contribution is 2.47. The van der Waals surface area contributed by atoms with E-state index in [0.29, 0.717) is 16.9 Å². The van der Waals surface area contributed by atoms with E-state index in [1.54, 1.807) is 19.3 Å². The predicted molar refractivity (Wildman–Crippen MR) is 111 cm³/mol. The molecule has 4 aromatic rings. The van der Waals surface area contributed by atoms with Crippen LogP contribution in [0.25, 0.3) is 0 Å². The zero-order valence-corrected chi connectivity index (χ0v) is 16.6. The monoisotopic (exact) mass is 414 g/mol. The largest absolute Gasteiger partial charge is 0.469 e. The fraction of sp³-hybridized carbons (Fsp3) is 0.167. The lowest BCUT2D eigenvalue weighted by Gasteiger charge is -2.32. The summed E-state index contributed by atoms with van der Waals surface area (Å²) in [5.74, 6) is 0.239. The Morgan fingerprint density at radius 3 is 2.26 bits per heavy atom. The Bertz CT molecular complexity index is 1240. The van der Waals surface area contributed by atoms with Gasteiger partial charge in [-0.05, 0) is 30.2 Å². The van der Waals surface area contributed by atoms with E-state index >= 15 is 0 Å². The van der Waals surface area contributed by atoms with Gasteiger partial charge in [0.2, 0.25) is 5.76 Å². The lowest BCUT2D eigenvalue weighted by atomic mass is 9.70. The normalized spacial score (nSPS) is 14.2. The molecular formula is C24H18N2O5. The Labute approximate surface area is 177 Å². The average Bonchev–Trinajstić information content (AvgIpc) is 3.43. The summed E-state index contributed by atoms with van der Waals surface area (Å²) in [6.07, 6.45) is 1.78. The Balaban J connectivity index is 1.71. The third kappa shape index (κ3) is 3.06. The minimum Gasteiger partial charge on any atom is -0.469 e. The molecule has 2 aromatic heterocycles. The van der Waals surface area contributed by atoms with Gasteiger partial charge in [0.1, 0.15) is 5.76 Å². The van der Waals surface area contributed by atoms with E-state index in [0.717, 1.165) is 11.1 Å². The summed E-state index contributed by atoms with van der Waals surface area (Å²) in [4.78, 5) is 24.3. The number of benzene rings is 2.